The number of hydrogen-bond acceptors (Lipinski definition) is 0. The number of hydrogen-bond donors (Lipinski definition) is 0. The lowest BCUT2D eigenvalue weighted by molar-refractivity contribution is 1.51. The van der Waals surface area contributed by atoms with Crippen LogP contribution >= 0.6 is 110 Å². The molecule has 0 heterocycles. The van der Waals surface area contributed by atoms with Gasteiger partial charge in [0, 0.05) is 17.9 Å². The van der Waals surface area contributed by atoms with Gasteiger partial charge in [0.15, 0.2) is 0 Å². The molecule has 0 N–H and O–H groups in total. The van der Waals surface area contributed by atoms with Gasteiger partial charge in [-0.3, -0.25) is 0 Å². The molecule has 0 fully saturated rings. The predicted octanol–water partition coefficient (Wildman–Crippen LogP) is 10.7. The smallest absolute Gasteiger partial charge is 0.0603 e. The fourth-order valence-electron chi connectivity index (χ4n) is 2.42. The normalized spacial score (nSPS) is 11.1. The molecule has 0 aliphatic rings. The maximum Gasteiger partial charge on any atom is 0.0603 e. The highest BCUT2D eigenvalue weighted by Gasteiger charge is 2.16. The third-order valence-electron chi connectivity index (χ3n) is 3.66. The summed E-state index contributed by atoms with van der Waals surface area (Å²) in [5.41, 5.74) is 3.77. The van der Waals surface area contributed by atoms with E-state index in [4.69, 9.17) is 46.4 Å². The van der Waals surface area contributed by atoms with E-state index < -0.39 is 0 Å². The van der Waals surface area contributed by atoms with Gasteiger partial charge in [-0.1, -0.05) is 110 Å². The van der Waals surface area contributed by atoms with Crippen molar-refractivity contribution in [2.75, 3.05) is 0 Å². The first-order valence-electron chi connectivity index (χ1n) is 6.98. The average molecular weight is 684 g/mol. The van der Waals surface area contributed by atoms with Crippen molar-refractivity contribution in [2.24, 2.45) is 0 Å². The van der Waals surface area contributed by atoms with E-state index in [1.165, 1.54) is 0 Å². The van der Waals surface area contributed by atoms with Crippen molar-refractivity contribution in [3.8, 4) is 22.3 Å². The van der Waals surface area contributed by atoms with Crippen LogP contribution < -0.4 is 0 Å². The number of halogens is 8. The van der Waals surface area contributed by atoms with Crippen LogP contribution in [0.4, 0.5) is 0 Å². The lowest BCUT2D eigenvalue weighted by Gasteiger charge is -2.14. The van der Waals surface area contributed by atoms with E-state index in [-0.39, 0.29) is 0 Å². The molecule has 134 valence electrons. The van der Waals surface area contributed by atoms with Crippen molar-refractivity contribution in [2.45, 2.75) is 0 Å². The molecule has 0 amide bonds. The molecule has 3 aromatic rings. The second-order valence-electron chi connectivity index (χ2n) is 5.30. The molecule has 0 atom stereocenters. The Hall–Kier alpha value is 0.740. The summed E-state index contributed by atoms with van der Waals surface area (Å²) in [4.78, 5) is 0. The summed E-state index contributed by atoms with van der Waals surface area (Å²) in [5, 5.41) is 1.97. The van der Waals surface area contributed by atoms with Crippen LogP contribution in [-0.4, -0.2) is 0 Å². The Balaban J connectivity index is 2.19. The molecule has 0 unspecified atom stereocenters. The van der Waals surface area contributed by atoms with E-state index in [9.17, 15) is 0 Å². The summed E-state index contributed by atoms with van der Waals surface area (Å²) in [6, 6.07) is 11.2. The first kappa shape index (κ1) is 21.4. The summed E-state index contributed by atoms with van der Waals surface area (Å²) in [6.07, 6.45) is 0. The Morgan fingerprint density at radius 1 is 0.385 bits per heavy atom. The van der Waals surface area contributed by atoms with Crippen LogP contribution in [0.2, 0.25) is 20.1 Å². The summed E-state index contributed by atoms with van der Waals surface area (Å²) in [6.45, 7) is 0. The van der Waals surface area contributed by atoms with E-state index in [1.807, 2.05) is 24.3 Å². The minimum Gasteiger partial charge on any atom is -0.0827 e. The van der Waals surface area contributed by atoms with Crippen molar-refractivity contribution in [3.63, 3.8) is 0 Å². The van der Waals surface area contributed by atoms with Crippen LogP contribution in [0.3, 0.4) is 0 Å². The van der Waals surface area contributed by atoms with Crippen LogP contribution in [0.15, 0.2) is 54.3 Å². The molecule has 0 aliphatic carbocycles. The SMILES string of the molecule is Clc1cc(Br)c(-c2cc(Br)c(-c3cc(Cl)c(Cl)cc3Br)cc2Br)cc1Cl. The molecule has 0 spiro atoms. The molecule has 0 bridgehead atoms. The molecular formula is C18H6Br4Cl4. The summed E-state index contributed by atoms with van der Waals surface area (Å²) in [7, 11) is 0. The molecule has 0 radical (unpaired) electrons. The van der Waals surface area contributed by atoms with Gasteiger partial charge in [-0.2, -0.15) is 0 Å². The minimum absolute atomic E-state index is 0.490. The zero-order valence-electron chi connectivity index (χ0n) is 12.5. The van der Waals surface area contributed by atoms with Gasteiger partial charge < -0.3 is 0 Å². The zero-order chi connectivity index (χ0) is 19.2. The Kier molecular flexibility index (Phi) is 7.11. The van der Waals surface area contributed by atoms with Gasteiger partial charge in [0.1, 0.15) is 0 Å². The molecule has 3 rings (SSSR count). The molecule has 26 heavy (non-hydrogen) atoms. The van der Waals surface area contributed by atoms with Crippen molar-refractivity contribution in [1.82, 2.24) is 0 Å². The van der Waals surface area contributed by atoms with Crippen LogP contribution in [-0.2, 0) is 0 Å². The maximum absolute atomic E-state index is 6.19. The predicted molar refractivity (Wildman–Crippen MR) is 128 cm³/mol. The quantitative estimate of drug-likeness (QED) is 0.236. The molecule has 0 saturated carbocycles. The van der Waals surface area contributed by atoms with E-state index in [0.29, 0.717) is 20.1 Å². The fourth-order valence-corrected chi connectivity index (χ4v) is 5.56. The molecule has 0 saturated heterocycles. The van der Waals surface area contributed by atoms with Gasteiger partial charge in [0.2, 0.25) is 0 Å². The molecule has 0 nitrogen and oxygen atoms in total. The van der Waals surface area contributed by atoms with E-state index in [1.54, 1.807) is 12.1 Å². The van der Waals surface area contributed by atoms with E-state index >= 15 is 0 Å². The Morgan fingerprint density at radius 3 is 0.962 bits per heavy atom. The van der Waals surface area contributed by atoms with E-state index in [2.05, 4.69) is 63.7 Å². The summed E-state index contributed by atoms with van der Waals surface area (Å²) < 4.78 is 3.49. The molecule has 8 heteroatoms. The highest BCUT2D eigenvalue weighted by atomic mass is 79.9. The number of benzene rings is 3. The number of rotatable bonds is 2. The summed E-state index contributed by atoms with van der Waals surface area (Å²) >= 11 is 39.0. The fraction of sp³-hybridized carbons (Fsp3) is 0. The Bertz CT molecular complexity index is 951. The molecular weight excluding hydrogens is 678 g/mol. The minimum atomic E-state index is 0.490. The lowest BCUT2D eigenvalue weighted by Crippen LogP contribution is -1.89. The van der Waals surface area contributed by atoms with Gasteiger partial charge in [-0.15, -0.1) is 0 Å². The maximum atomic E-state index is 6.19. The van der Waals surface area contributed by atoms with E-state index in [0.717, 1.165) is 40.1 Å². The van der Waals surface area contributed by atoms with Crippen molar-refractivity contribution in [1.29, 1.82) is 0 Å². The average Bonchev–Trinajstić information content (AvgIpc) is 2.56. The first-order chi connectivity index (χ1) is 12.2. The van der Waals surface area contributed by atoms with Crippen LogP contribution in [0, 0.1) is 0 Å². The largest absolute Gasteiger partial charge is 0.0827 e. The van der Waals surface area contributed by atoms with Gasteiger partial charge in [-0.05, 0) is 58.7 Å². The van der Waals surface area contributed by atoms with Crippen LogP contribution in [0.25, 0.3) is 22.3 Å². The van der Waals surface area contributed by atoms with Gasteiger partial charge in [0.25, 0.3) is 0 Å². The first-order valence-corrected chi connectivity index (χ1v) is 11.7. The second-order valence-corrected chi connectivity index (χ2v) is 10.4. The highest BCUT2D eigenvalue weighted by molar-refractivity contribution is 9.11. The van der Waals surface area contributed by atoms with Crippen molar-refractivity contribution in [3.05, 3.63) is 74.4 Å². The monoisotopic (exact) mass is 678 g/mol. The zero-order valence-corrected chi connectivity index (χ0v) is 21.9. The van der Waals surface area contributed by atoms with Gasteiger partial charge >= 0.3 is 0 Å². The molecule has 0 aromatic heterocycles. The van der Waals surface area contributed by atoms with Gasteiger partial charge in [-0.25, -0.2) is 0 Å². The molecule has 0 aliphatic heterocycles. The summed E-state index contributed by atoms with van der Waals surface area (Å²) in [5.74, 6) is 0. The third kappa shape index (κ3) is 4.33. The highest BCUT2D eigenvalue weighted by Crippen LogP contribution is 2.44. The lowest BCUT2D eigenvalue weighted by atomic mass is 10.0. The molecule has 3 aromatic carbocycles. The Labute approximate surface area is 204 Å². The van der Waals surface area contributed by atoms with Crippen LogP contribution in [0.5, 0.6) is 0 Å². The topological polar surface area (TPSA) is 0 Å². The Morgan fingerprint density at radius 2 is 0.615 bits per heavy atom. The second kappa shape index (κ2) is 8.62. The third-order valence-corrected chi connectivity index (χ3v) is 7.73. The van der Waals surface area contributed by atoms with Gasteiger partial charge in [0.05, 0.1) is 20.1 Å². The standard InChI is InChI=1S/C18H6Br4Cl4/c19-11-1-7(9-3-15(23)17(25)5-13(9)21)12(20)2-8(11)10-4-16(24)18(26)6-14(10)22/h1-6H. The van der Waals surface area contributed by atoms with Crippen molar-refractivity contribution < 1.29 is 0 Å². The van der Waals surface area contributed by atoms with Crippen LogP contribution in [0.1, 0.15) is 0 Å². The van der Waals surface area contributed by atoms with Crippen molar-refractivity contribution >= 4 is 110 Å².